The van der Waals surface area contributed by atoms with E-state index in [0.717, 1.165) is 11.1 Å². The zero-order valence-corrected chi connectivity index (χ0v) is 11.2. The number of rotatable bonds is 6. The molecule has 0 saturated carbocycles. The Bertz CT molecular complexity index is 357. The van der Waals surface area contributed by atoms with Crippen LogP contribution < -0.4 is 0 Å². The van der Waals surface area contributed by atoms with Crippen molar-refractivity contribution >= 4 is 33.7 Å². The lowest BCUT2D eigenvalue weighted by atomic mass is 10.2. The molecule has 0 unspecified atom stereocenters. The second kappa shape index (κ2) is 5.95. The topological polar surface area (TPSA) is 69.7 Å². The summed E-state index contributed by atoms with van der Waals surface area (Å²) < 4.78 is 9.65. The summed E-state index contributed by atoms with van der Waals surface area (Å²) in [5, 5.41) is 0.227. The Labute approximate surface area is 107 Å². The minimum atomic E-state index is -0.402. The van der Waals surface area contributed by atoms with E-state index in [-0.39, 0.29) is 30.2 Å². The van der Waals surface area contributed by atoms with Crippen LogP contribution in [0.3, 0.4) is 0 Å². The molecule has 5 nitrogen and oxygen atoms in total. The van der Waals surface area contributed by atoms with E-state index < -0.39 is 11.9 Å². The molecule has 0 amide bonds. The van der Waals surface area contributed by atoms with Crippen LogP contribution in [0.5, 0.6) is 0 Å². The Kier molecular flexibility index (Phi) is 4.86. The Morgan fingerprint density at radius 2 is 1.47 bits per heavy atom. The fourth-order valence-corrected chi connectivity index (χ4v) is 1.82. The first kappa shape index (κ1) is 13.9. The molecule has 0 aliphatic heterocycles. The zero-order valence-electron chi connectivity index (χ0n) is 9.62. The predicted molar refractivity (Wildman–Crippen MR) is 62.6 cm³/mol. The molecule has 0 heterocycles. The molecule has 0 atom stereocenters. The highest BCUT2D eigenvalue weighted by Gasteiger charge is 2.42. The predicted octanol–water partition coefficient (Wildman–Crippen LogP) is 1.00. The van der Waals surface area contributed by atoms with Gasteiger partial charge in [-0.1, -0.05) is 15.9 Å². The van der Waals surface area contributed by atoms with Crippen molar-refractivity contribution in [1.82, 2.24) is 0 Å². The van der Waals surface area contributed by atoms with Crippen molar-refractivity contribution in [3.05, 3.63) is 11.1 Å². The Hall–Kier alpha value is -1.17. The van der Waals surface area contributed by atoms with E-state index in [0.29, 0.717) is 0 Å². The van der Waals surface area contributed by atoms with Crippen LogP contribution in [0.2, 0.25) is 0 Å². The van der Waals surface area contributed by atoms with Crippen LogP contribution in [-0.2, 0) is 23.9 Å². The number of ketones is 1. The summed E-state index contributed by atoms with van der Waals surface area (Å²) >= 11 is 3.08. The van der Waals surface area contributed by atoms with Crippen LogP contribution in [0, 0.1) is 5.92 Å². The highest BCUT2D eigenvalue weighted by atomic mass is 79.9. The monoisotopic (exact) mass is 304 g/mol. The SMILES string of the molecule is CC(=O)OCC1=C(COC(C)=O)C1C(=O)CBr. The Morgan fingerprint density at radius 3 is 1.76 bits per heavy atom. The van der Waals surface area contributed by atoms with Crippen LogP contribution in [0.15, 0.2) is 11.1 Å². The first-order valence-electron chi connectivity index (χ1n) is 5.04. The molecule has 0 aromatic carbocycles. The second-order valence-electron chi connectivity index (χ2n) is 3.64. The Morgan fingerprint density at radius 1 is 1.06 bits per heavy atom. The minimum absolute atomic E-state index is 0.0192. The van der Waals surface area contributed by atoms with Crippen LogP contribution in [0.1, 0.15) is 13.8 Å². The number of Topliss-reactive ketones (excluding diaryl/α,β-unsaturated/α-hetero) is 1. The van der Waals surface area contributed by atoms with Gasteiger partial charge in [0, 0.05) is 13.8 Å². The average molecular weight is 305 g/mol. The summed E-state index contributed by atoms with van der Waals surface area (Å²) in [5.74, 6) is -1.16. The van der Waals surface area contributed by atoms with E-state index in [2.05, 4.69) is 15.9 Å². The van der Waals surface area contributed by atoms with Gasteiger partial charge in [-0.2, -0.15) is 0 Å². The maximum atomic E-state index is 11.5. The maximum Gasteiger partial charge on any atom is 0.302 e. The van der Waals surface area contributed by atoms with E-state index in [1.807, 2.05) is 0 Å². The molecule has 1 aliphatic rings. The van der Waals surface area contributed by atoms with Crippen molar-refractivity contribution in [3.63, 3.8) is 0 Å². The maximum absolute atomic E-state index is 11.5. The largest absolute Gasteiger partial charge is 0.461 e. The summed E-state index contributed by atoms with van der Waals surface area (Å²) in [6, 6.07) is 0. The summed E-state index contributed by atoms with van der Waals surface area (Å²) in [6.45, 7) is 2.79. The molecular formula is C11H13BrO5. The summed E-state index contributed by atoms with van der Waals surface area (Å²) in [5.41, 5.74) is 1.48. The van der Waals surface area contributed by atoms with Gasteiger partial charge in [0.2, 0.25) is 0 Å². The van der Waals surface area contributed by atoms with Crippen LogP contribution in [0.4, 0.5) is 0 Å². The molecule has 0 spiro atoms. The quantitative estimate of drug-likeness (QED) is 0.416. The first-order chi connectivity index (χ1) is 7.97. The van der Waals surface area contributed by atoms with Gasteiger partial charge in [-0.05, 0) is 11.1 Å². The fraction of sp³-hybridized carbons (Fsp3) is 0.545. The van der Waals surface area contributed by atoms with Crippen molar-refractivity contribution < 1.29 is 23.9 Å². The second-order valence-corrected chi connectivity index (χ2v) is 4.20. The van der Waals surface area contributed by atoms with E-state index in [9.17, 15) is 14.4 Å². The molecule has 1 rings (SSSR count). The van der Waals surface area contributed by atoms with Crippen LogP contribution in [0.25, 0.3) is 0 Å². The molecule has 0 N–H and O–H groups in total. The lowest BCUT2D eigenvalue weighted by Crippen LogP contribution is -2.10. The highest BCUT2D eigenvalue weighted by Crippen LogP contribution is 2.40. The molecule has 1 aliphatic carbocycles. The van der Waals surface area contributed by atoms with Crippen molar-refractivity contribution in [2.75, 3.05) is 18.5 Å². The molecule has 6 heteroatoms. The standard InChI is InChI=1S/C11H13BrO5/c1-6(13)16-4-8-9(5-17-7(2)14)11(8)10(15)3-12/h11H,3-5H2,1-2H3. The third kappa shape index (κ3) is 3.96. The number of esters is 2. The number of carbonyl (C=O) groups is 3. The lowest BCUT2D eigenvalue weighted by Gasteiger charge is -1.99. The van der Waals surface area contributed by atoms with Crippen LogP contribution >= 0.6 is 15.9 Å². The molecule has 0 radical (unpaired) electrons. The minimum Gasteiger partial charge on any atom is -0.461 e. The number of ether oxygens (including phenoxy) is 2. The lowest BCUT2D eigenvalue weighted by molar-refractivity contribution is -0.141. The molecule has 0 aromatic rings. The summed E-state index contributed by atoms with van der Waals surface area (Å²) in [7, 11) is 0. The van der Waals surface area contributed by atoms with Gasteiger partial charge in [-0.15, -0.1) is 0 Å². The molecular weight excluding hydrogens is 292 g/mol. The van der Waals surface area contributed by atoms with E-state index in [1.165, 1.54) is 13.8 Å². The summed E-state index contributed by atoms with van der Waals surface area (Å²) in [4.78, 5) is 32.9. The molecule has 94 valence electrons. The number of halogens is 1. The number of carbonyl (C=O) groups excluding carboxylic acids is 3. The van der Waals surface area contributed by atoms with Gasteiger partial charge in [-0.25, -0.2) is 0 Å². The smallest absolute Gasteiger partial charge is 0.302 e. The van der Waals surface area contributed by atoms with Crippen molar-refractivity contribution in [2.45, 2.75) is 13.8 Å². The third-order valence-electron chi connectivity index (χ3n) is 2.34. The van der Waals surface area contributed by atoms with E-state index in [1.54, 1.807) is 0 Å². The van der Waals surface area contributed by atoms with Gasteiger partial charge in [0.15, 0.2) is 5.78 Å². The number of alkyl halides is 1. The zero-order chi connectivity index (χ0) is 13.0. The van der Waals surface area contributed by atoms with Gasteiger partial charge in [0.1, 0.15) is 13.2 Å². The number of hydrogen-bond acceptors (Lipinski definition) is 5. The number of hydrogen-bond donors (Lipinski definition) is 0. The van der Waals surface area contributed by atoms with Gasteiger partial charge in [0.05, 0.1) is 11.2 Å². The Balaban J connectivity index is 2.55. The third-order valence-corrected chi connectivity index (χ3v) is 2.89. The fourth-order valence-electron chi connectivity index (χ4n) is 1.49. The first-order valence-corrected chi connectivity index (χ1v) is 6.16. The summed E-state index contributed by atoms with van der Waals surface area (Å²) in [6.07, 6.45) is 0. The molecule has 0 bridgehead atoms. The molecule has 0 fully saturated rings. The molecule has 0 saturated heterocycles. The highest BCUT2D eigenvalue weighted by molar-refractivity contribution is 9.09. The molecule has 0 aromatic heterocycles. The van der Waals surface area contributed by atoms with Crippen molar-refractivity contribution in [2.24, 2.45) is 5.92 Å². The average Bonchev–Trinajstić information content (AvgIpc) is 2.95. The van der Waals surface area contributed by atoms with Gasteiger partial charge in [-0.3, -0.25) is 14.4 Å². The normalized spacial score (nSPS) is 14.5. The van der Waals surface area contributed by atoms with Crippen molar-refractivity contribution in [3.8, 4) is 0 Å². The van der Waals surface area contributed by atoms with E-state index in [4.69, 9.17) is 9.47 Å². The van der Waals surface area contributed by atoms with Crippen LogP contribution in [-0.4, -0.2) is 36.3 Å². The van der Waals surface area contributed by atoms with Crippen molar-refractivity contribution in [1.29, 1.82) is 0 Å². The van der Waals surface area contributed by atoms with Gasteiger partial charge < -0.3 is 9.47 Å². The van der Waals surface area contributed by atoms with Gasteiger partial charge >= 0.3 is 11.9 Å². The van der Waals surface area contributed by atoms with E-state index >= 15 is 0 Å². The van der Waals surface area contributed by atoms with Gasteiger partial charge in [0.25, 0.3) is 0 Å². The molecule has 17 heavy (non-hydrogen) atoms.